The highest BCUT2D eigenvalue weighted by Crippen LogP contribution is 2.14. The van der Waals surface area contributed by atoms with E-state index in [-0.39, 0.29) is 11.8 Å². The van der Waals surface area contributed by atoms with Gasteiger partial charge in [-0.3, -0.25) is 9.78 Å². The normalized spacial score (nSPS) is 20.4. The van der Waals surface area contributed by atoms with Crippen molar-refractivity contribution in [3.8, 4) is 0 Å². The molecule has 0 bridgehead atoms. The maximum absolute atomic E-state index is 11.9. The van der Waals surface area contributed by atoms with Gasteiger partial charge in [-0.15, -0.1) is 0 Å². The van der Waals surface area contributed by atoms with Gasteiger partial charge in [-0.1, -0.05) is 0 Å². The molecule has 86 valence electrons. The van der Waals surface area contributed by atoms with E-state index in [0.717, 1.165) is 37.3 Å². The molecule has 0 saturated carbocycles. The first kappa shape index (κ1) is 11.1. The van der Waals surface area contributed by atoms with Gasteiger partial charge in [0.25, 0.3) is 0 Å². The van der Waals surface area contributed by atoms with Gasteiger partial charge in [-0.25, -0.2) is 0 Å². The Labute approximate surface area is 95.5 Å². The van der Waals surface area contributed by atoms with E-state index in [2.05, 4.69) is 15.6 Å². The summed E-state index contributed by atoms with van der Waals surface area (Å²) in [5.41, 5.74) is 1.75. The van der Waals surface area contributed by atoms with Crippen LogP contribution in [0.15, 0.2) is 18.3 Å². The van der Waals surface area contributed by atoms with Crippen molar-refractivity contribution in [2.24, 2.45) is 5.92 Å². The molecule has 1 atom stereocenters. The number of rotatable bonds is 2. The van der Waals surface area contributed by atoms with E-state index in [4.69, 9.17) is 0 Å². The monoisotopic (exact) mass is 219 g/mol. The van der Waals surface area contributed by atoms with Crippen molar-refractivity contribution in [1.82, 2.24) is 10.3 Å². The summed E-state index contributed by atoms with van der Waals surface area (Å²) in [6.45, 7) is 3.73. The summed E-state index contributed by atoms with van der Waals surface area (Å²) in [5, 5.41) is 6.17. The van der Waals surface area contributed by atoms with Gasteiger partial charge in [0.2, 0.25) is 5.91 Å². The van der Waals surface area contributed by atoms with Crippen molar-refractivity contribution in [3.63, 3.8) is 0 Å². The molecule has 1 fully saturated rings. The van der Waals surface area contributed by atoms with Crippen molar-refractivity contribution >= 4 is 11.6 Å². The lowest BCUT2D eigenvalue weighted by atomic mass is 9.99. The Kier molecular flexibility index (Phi) is 3.51. The van der Waals surface area contributed by atoms with Crippen LogP contribution in [0.4, 0.5) is 5.69 Å². The van der Waals surface area contributed by atoms with Crippen LogP contribution < -0.4 is 10.6 Å². The minimum atomic E-state index is 0.0993. The Bertz CT molecular complexity index is 372. The summed E-state index contributed by atoms with van der Waals surface area (Å²) < 4.78 is 0. The quantitative estimate of drug-likeness (QED) is 0.789. The van der Waals surface area contributed by atoms with Crippen LogP contribution in [0.25, 0.3) is 0 Å². The zero-order valence-corrected chi connectivity index (χ0v) is 9.49. The molecule has 0 aliphatic carbocycles. The number of hydrogen-bond donors (Lipinski definition) is 2. The van der Waals surface area contributed by atoms with E-state index in [1.807, 2.05) is 19.1 Å². The second-order valence-corrected chi connectivity index (χ2v) is 4.22. The van der Waals surface area contributed by atoms with E-state index in [0.29, 0.717) is 0 Å². The van der Waals surface area contributed by atoms with Crippen LogP contribution in [0, 0.1) is 12.8 Å². The maximum atomic E-state index is 11.9. The van der Waals surface area contributed by atoms with Crippen LogP contribution in [-0.2, 0) is 4.79 Å². The zero-order valence-electron chi connectivity index (χ0n) is 9.49. The fourth-order valence-electron chi connectivity index (χ4n) is 1.94. The molecule has 0 unspecified atom stereocenters. The van der Waals surface area contributed by atoms with Gasteiger partial charge in [0.15, 0.2) is 0 Å². The third-order valence-electron chi connectivity index (χ3n) is 2.83. The van der Waals surface area contributed by atoms with Crippen LogP contribution in [0.1, 0.15) is 18.5 Å². The number of aryl methyl sites for hydroxylation is 1. The molecular weight excluding hydrogens is 202 g/mol. The van der Waals surface area contributed by atoms with E-state index >= 15 is 0 Å². The van der Waals surface area contributed by atoms with Crippen LogP contribution >= 0.6 is 0 Å². The first-order valence-corrected chi connectivity index (χ1v) is 5.70. The molecule has 0 spiro atoms. The second kappa shape index (κ2) is 5.07. The van der Waals surface area contributed by atoms with Gasteiger partial charge in [0.1, 0.15) is 0 Å². The number of amides is 1. The van der Waals surface area contributed by atoms with Crippen LogP contribution in [0.5, 0.6) is 0 Å². The third kappa shape index (κ3) is 2.79. The molecule has 1 aromatic rings. The minimum absolute atomic E-state index is 0.0993. The topological polar surface area (TPSA) is 54.0 Å². The number of nitrogens with one attached hydrogen (secondary N) is 2. The van der Waals surface area contributed by atoms with Crippen molar-refractivity contribution in [3.05, 3.63) is 24.0 Å². The average molecular weight is 219 g/mol. The first-order chi connectivity index (χ1) is 7.75. The lowest BCUT2D eigenvalue weighted by Crippen LogP contribution is -2.37. The summed E-state index contributed by atoms with van der Waals surface area (Å²) in [7, 11) is 0. The standard InChI is InChI=1S/C12H17N3O/c1-9-7-11(4-6-14-9)15-12(16)10-3-2-5-13-8-10/h4,6-7,10,13H,2-3,5,8H2,1H3,(H,14,15,16)/t10-/m0/s1. The number of hydrogen-bond acceptors (Lipinski definition) is 3. The summed E-state index contributed by atoms with van der Waals surface area (Å²) in [6.07, 6.45) is 3.76. The van der Waals surface area contributed by atoms with Crippen LogP contribution in [0.2, 0.25) is 0 Å². The molecule has 1 aromatic heterocycles. The van der Waals surface area contributed by atoms with Crippen molar-refractivity contribution < 1.29 is 4.79 Å². The summed E-state index contributed by atoms with van der Waals surface area (Å²) in [5.74, 6) is 0.208. The number of pyridine rings is 1. The predicted octanol–water partition coefficient (Wildman–Crippen LogP) is 1.33. The predicted molar refractivity (Wildman–Crippen MR) is 63.2 cm³/mol. The van der Waals surface area contributed by atoms with Crippen molar-refractivity contribution in [1.29, 1.82) is 0 Å². The van der Waals surface area contributed by atoms with Gasteiger partial charge in [-0.05, 0) is 38.4 Å². The number of nitrogens with zero attached hydrogens (tertiary/aromatic N) is 1. The molecule has 1 saturated heterocycles. The van der Waals surface area contributed by atoms with Gasteiger partial charge < -0.3 is 10.6 Å². The highest BCUT2D eigenvalue weighted by Gasteiger charge is 2.20. The number of carbonyl (C=O) groups is 1. The largest absolute Gasteiger partial charge is 0.326 e. The summed E-state index contributed by atoms with van der Waals surface area (Å²) in [6, 6.07) is 3.70. The van der Waals surface area contributed by atoms with E-state index in [9.17, 15) is 4.79 Å². The minimum Gasteiger partial charge on any atom is -0.326 e. The molecule has 0 aromatic carbocycles. The molecule has 4 heteroatoms. The Morgan fingerprint density at radius 1 is 1.62 bits per heavy atom. The number of aromatic nitrogens is 1. The van der Waals surface area contributed by atoms with Crippen molar-refractivity contribution in [2.75, 3.05) is 18.4 Å². The lowest BCUT2D eigenvalue weighted by Gasteiger charge is -2.21. The molecular formula is C12H17N3O. The average Bonchev–Trinajstić information content (AvgIpc) is 2.30. The molecule has 0 radical (unpaired) electrons. The fraction of sp³-hybridized carbons (Fsp3) is 0.500. The molecule has 1 aliphatic rings. The van der Waals surface area contributed by atoms with Crippen LogP contribution in [0.3, 0.4) is 0 Å². The number of anilines is 1. The first-order valence-electron chi connectivity index (χ1n) is 5.70. The van der Waals surface area contributed by atoms with Gasteiger partial charge >= 0.3 is 0 Å². The number of carbonyl (C=O) groups excluding carboxylic acids is 1. The van der Waals surface area contributed by atoms with Gasteiger partial charge in [0.05, 0.1) is 5.92 Å². The van der Waals surface area contributed by atoms with Crippen molar-refractivity contribution in [2.45, 2.75) is 19.8 Å². The van der Waals surface area contributed by atoms with E-state index < -0.39 is 0 Å². The molecule has 2 rings (SSSR count). The highest BCUT2D eigenvalue weighted by molar-refractivity contribution is 5.92. The Morgan fingerprint density at radius 2 is 2.50 bits per heavy atom. The summed E-state index contributed by atoms with van der Waals surface area (Å²) >= 11 is 0. The molecule has 1 aliphatic heterocycles. The van der Waals surface area contributed by atoms with Gasteiger partial charge in [-0.2, -0.15) is 0 Å². The van der Waals surface area contributed by atoms with E-state index in [1.165, 1.54) is 0 Å². The maximum Gasteiger partial charge on any atom is 0.228 e. The second-order valence-electron chi connectivity index (χ2n) is 4.22. The molecule has 16 heavy (non-hydrogen) atoms. The molecule has 1 amide bonds. The Balaban J connectivity index is 1.96. The smallest absolute Gasteiger partial charge is 0.228 e. The lowest BCUT2D eigenvalue weighted by molar-refractivity contribution is -0.120. The third-order valence-corrected chi connectivity index (χ3v) is 2.83. The SMILES string of the molecule is Cc1cc(NC(=O)[C@H]2CCCNC2)ccn1. The zero-order chi connectivity index (χ0) is 11.4. The van der Waals surface area contributed by atoms with Crippen LogP contribution in [-0.4, -0.2) is 24.0 Å². The van der Waals surface area contributed by atoms with Gasteiger partial charge in [0, 0.05) is 24.1 Å². The molecule has 4 nitrogen and oxygen atoms in total. The molecule has 2 heterocycles. The fourth-order valence-corrected chi connectivity index (χ4v) is 1.94. The number of piperidine rings is 1. The Hall–Kier alpha value is -1.42. The summed E-state index contributed by atoms with van der Waals surface area (Å²) in [4.78, 5) is 16.0. The highest BCUT2D eigenvalue weighted by atomic mass is 16.1. The molecule has 2 N–H and O–H groups in total. The Morgan fingerprint density at radius 3 is 3.19 bits per heavy atom. The van der Waals surface area contributed by atoms with E-state index in [1.54, 1.807) is 6.20 Å².